The first-order valence-electron chi connectivity index (χ1n) is 7.25. The van der Waals surface area contributed by atoms with Crippen LogP contribution in [0, 0.1) is 0 Å². The van der Waals surface area contributed by atoms with Gasteiger partial charge in [0.15, 0.2) is 0 Å². The zero-order valence-corrected chi connectivity index (χ0v) is 12.4. The van der Waals surface area contributed by atoms with E-state index in [0.29, 0.717) is 31.6 Å². The van der Waals surface area contributed by atoms with E-state index in [0.717, 1.165) is 5.56 Å². The molecule has 0 saturated heterocycles. The van der Waals surface area contributed by atoms with Gasteiger partial charge in [-0.1, -0.05) is 31.5 Å². The van der Waals surface area contributed by atoms with Gasteiger partial charge in [0.2, 0.25) is 5.91 Å². The van der Waals surface area contributed by atoms with Crippen molar-refractivity contribution in [2.75, 3.05) is 6.61 Å². The Bertz CT molecular complexity index is 543. The summed E-state index contributed by atoms with van der Waals surface area (Å²) < 4.78 is 5.53. The fourth-order valence-corrected chi connectivity index (χ4v) is 2.70. The van der Waals surface area contributed by atoms with E-state index < -0.39 is 11.5 Å². The van der Waals surface area contributed by atoms with Gasteiger partial charge in [0.1, 0.15) is 11.3 Å². The van der Waals surface area contributed by atoms with Crippen LogP contribution in [0.1, 0.15) is 44.6 Å². The van der Waals surface area contributed by atoms with Gasteiger partial charge in [0.05, 0.1) is 12.5 Å². The highest BCUT2D eigenvalue weighted by Crippen LogP contribution is 2.34. The SMILES string of the molecule is CCC[C@](C)(NC(=O)[C@@H]1CCOc2ccccc21)C(=O)O. The highest BCUT2D eigenvalue weighted by molar-refractivity contribution is 5.90. The number of carboxylic acid groups (broad SMARTS) is 1. The number of carbonyl (C=O) groups is 2. The molecule has 0 fully saturated rings. The third-order valence-electron chi connectivity index (χ3n) is 3.90. The van der Waals surface area contributed by atoms with Crippen molar-refractivity contribution in [2.45, 2.75) is 44.6 Å². The molecule has 0 bridgehead atoms. The number of hydrogen-bond donors (Lipinski definition) is 2. The lowest BCUT2D eigenvalue weighted by atomic mass is 9.89. The average Bonchev–Trinajstić information content (AvgIpc) is 2.46. The molecular weight excluding hydrogens is 270 g/mol. The minimum absolute atomic E-state index is 0.246. The summed E-state index contributed by atoms with van der Waals surface area (Å²) in [4.78, 5) is 24.0. The number of hydrogen-bond acceptors (Lipinski definition) is 3. The van der Waals surface area contributed by atoms with E-state index in [1.165, 1.54) is 0 Å². The predicted octanol–water partition coefficient (Wildman–Crippen LogP) is 2.31. The summed E-state index contributed by atoms with van der Waals surface area (Å²) in [7, 11) is 0. The standard InChI is InChI=1S/C16H21NO4/c1-3-9-16(2,15(19)20)17-14(18)12-8-10-21-13-7-5-4-6-11(12)13/h4-7,12H,3,8-10H2,1-2H3,(H,17,18)(H,19,20)/t12-,16+/m1/s1. The van der Waals surface area contributed by atoms with E-state index in [9.17, 15) is 14.7 Å². The summed E-state index contributed by atoms with van der Waals surface area (Å²) in [6, 6.07) is 7.40. The normalized spacial score (nSPS) is 19.8. The fraction of sp³-hybridized carbons (Fsp3) is 0.500. The van der Waals surface area contributed by atoms with E-state index in [2.05, 4.69) is 5.32 Å². The van der Waals surface area contributed by atoms with Gasteiger partial charge in [-0.2, -0.15) is 0 Å². The first-order chi connectivity index (χ1) is 9.98. The van der Waals surface area contributed by atoms with Crippen LogP contribution in [-0.4, -0.2) is 29.1 Å². The van der Waals surface area contributed by atoms with Crippen molar-refractivity contribution in [2.24, 2.45) is 0 Å². The molecule has 2 atom stereocenters. The summed E-state index contributed by atoms with van der Waals surface area (Å²) in [5, 5.41) is 12.1. The van der Waals surface area contributed by atoms with Crippen molar-refractivity contribution in [3.8, 4) is 5.75 Å². The highest BCUT2D eigenvalue weighted by atomic mass is 16.5. The van der Waals surface area contributed by atoms with Crippen molar-refractivity contribution >= 4 is 11.9 Å². The topological polar surface area (TPSA) is 75.6 Å². The summed E-state index contributed by atoms with van der Waals surface area (Å²) in [5.74, 6) is -0.899. The highest BCUT2D eigenvalue weighted by Gasteiger charge is 2.37. The van der Waals surface area contributed by atoms with Crippen LogP contribution in [0.3, 0.4) is 0 Å². The van der Waals surface area contributed by atoms with Crippen molar-refractivity contribution in [3.63, 3.8) is 0 Å². The Morgan fingerprint density at radius 1 is 1.43 bits per heavy atom. The Hall–Kier alpha value is -2.04. The van der Waals surface area contributed by atoms with Crippen molar-refractivity contribution in [3.05, 3.63) is 29.8 Å². The smallest absolute Gasteiger partial charge is 0.329 e. The maximum absolute atomic E-state index is 12.5. The molecular formula is C16H21NO4. The van der Waals surface area contributed by atoms with E-state index >= 15 is 0 Å². The second kappa shape index (κ2) is 6.16. The Labute approximate surface area is 124 Å². The number of rotatable bonds is 5. The Balaban J connectivity index is 2.20. The van der Waals surface area contributed by atoms with Crippen LogP contribution in [0.25, 0.3) is 0 Å². The van der Waals surface area contributed by atoms with Crippen molar-refractivity contribution in [1.29, 1.82) is 0 Å². The maximum atomic E-state index is 12.5. The molecule has 1 aliphatic heterocycles. The van der Waals surface area contributed by atoms with E-state index in [4.69, 9.17) is 4.74 Å². The molecule has 5 heteroatoms. The number of carboxylic acids is 1. The first-order valence-corrected chi connectivity index (χ1v) is 7.25. The molecule has 1 aromatic rings. The average molecular weight is 291 g/mol. The predicted molar refractivity (Wildman–Crippen MR) is 78.4 cm³/mol. The Morgan fingerprint density at radius 3 is 2.81 bits per heavy atom. The minimum Gasteiger partial charge on any atom is -0.493 e. The summed E-state index contributed by atoms with van der Waals surface area (Å²) in [6.07, 6.45) is 1.65. The lowest BCUT2D eigenvalue weighted by Gasteiger charge is -2.30. The second-order valence-electron chi connectivity index (χ2n) is 5.60. The summed E-state index contributed by atoms with van der Waals surface area (Å²) in [5.41, 5.74) is -0.399. The molecule has 114 valence electrons. The molecule has 1 aliphatic rings. The van der Waals surface area contributed by atoms with Gasteiger partial charge in [0.25, 0.3) is 0 Å². The molecule has 21 heavy (non-hydrogen) atoms. The molecule has 0 aromatic heterocycles. The van der Waals surface area contributed by atoms with Crippen molar-refractivity contribution < 1.29 is 19.4 Å². The molecule has 2 rings (SSSR count). The number of ether oxygens (including phenoxy) is 1. The van der Waals surface area contributed by atoms with Crippen LogP contribution in [0.2, 0.25) is 0 Å². The zero-order chi connectivity index (χ0) is 15.5. The van der Waals surface area contributed by atoms with E-state index in [1.807, 2.05) is 31.2 Å². The molecule has 2 N–H and O–H groups in total. The molecule has 0 unspecified atom stereocenters. The largest absolute Gasteiger partial charge is 0.493 e. The number of amides is 1. The Kier molecular flexibility index (Phi) is 4.50. The molecule has 0 spiro atoms. The monoisotopic (exact) mass is 291 g/mol. The lowest BCUT2D eigenvalue weighted by Crippen LogP contribution is -2.53. The van der Waals surface area contributed by atoms with Crippen molar-refractivity contribution in [1.82, 2.24) is 5.32 Å². The third kappa shape index (κ3) is 3.17. The number of nitrogens with one attached hydrogen (secondary N) is 1. The molecule has 1 heterocycles. The van der Waals surface area contributed by atoms with Gasteiger partial charge in [-0.15, -0.1) is 0 Å². The molecule has 1 amide bonds. The molecule has 5 nitrogen and oxygen atoms in total. The third-order valence-corrected chi connectivity index (χ3v) is 3.90. The van der Waals surface area contributed by atoms with Gasteiger partial charge in [-0.3, -0.25) is 4.79 Å². The molecule has 0 saturated carbocycles. The number of aliphatic carboxylic acids is 1. The van der Waals surface area contributed by atoms with Crippen LogP contribution in [0.5, 0.6) is 5.75 Å². The van der Waals surface area contributed by atoms with Gasteiger partial charge < -0.3 is 15.2 Å². The summed E-state index contributed by atoms with van der Waals surface area (Å²) in [6.45, 7) is 3.92. The van der Waals surface area contributed by atoms with Crippen LogP contribution in [-0.2, 0) is 9.59 Å². The number of benzene rings is 1. The quantitative estimate of drug-likeness (QED) is 0.873. The number of fused-ring (bicyclic) bond motifs is 1. The van der Waals surface area contributed by atoms with Gasteiger partial charge in [0, 0.05) is 5.56 Å². The molecule has 0 radical (unpaired) electrons. The van der Waals surface area contributed by atoms with E-state index in [-0.39, 0.29) is 11.8 Å². The van der Waals surface area contributed by atoms with Crippen LogP contribution in [0.4, 0.5) is 0 Å². The van der Waals surface area contributed by atoms with Crippen LogP contribution >= 0.6 is 0 Å². The van der Waals surface area contributed by atoms with Gasteiger partial charge >= 0.3 is 5.97 Å². The van der Waals surface area contributed by atoms with Crippen LogP contribution in [0.15, 0.2) is 24.3 Å². The van der Waals surface area contributed by atoms with Gasteiger partial charge in [-0.25, -0.2) is 4.79 Å². The molecule has 1 aromatic carbocycles. The fourth-order valence-electron chi connectivity index (χ4n) is 2.70. The zero-order valence-electron chi connectivity index (χ0n) is 12.4. The lowest BCUT2D eigenvalue weighted by molar-refractivity contribution is -0.147. The summed E-state index contributed by atoms with van der Waals surface area (Å²) >= 11 is 0. The van der Waals surface area contributed by atoms with E-state index in [1.54, 1.807) is 6.92 Å². The first kappa shape index (κ1) is 15.4. The molecule has 0 aliphatic carbocycles. The number of para-hydroxylation sites is 1. The van der Waals surface area contributed by atoms with Gasteiger partial charge in [-0.05, 0) is 25.8 Å². The maximum Gasteiger partial charge on any atom is 0.329 e. The minimum atomic E-state index is -1.22. The Morgan fingerprint density at radius 2 is 2.14 bits per heavy atom. The second-order valence-corrected chi connectivity index (χ2v) is 5.60. The number of carbonyl (C=O) groups excluding carboxylic acids is 1. The van der Waals surface area contributed by atoms with Crippen LogP contribution < -0.4 is 10.1 Å².